The highest BCUT2D eigenvalue weighted by Gasteiger charge is 2.27. The summed E-state index contributed by atoms with van der Waals surface area (Å²) in [6.07, 6.45) is 3.18. The summed E-state index contributed by atoms with van der Waals surface area (Å²) in [5.74, 6) is -1.10. The smallest absolute Gasteiger partial charge is 0.311 e. The molecule has 2 atom stereocenters. The molecule has 0 unspecified atom stereocenters. The zero-order valence-electron chi connectivity index (χ0n) is 20.1. The lowest BCUT2D eigenvalue weighted by Gasteiger charge is -2.22. The van der Waals surface area contributed by atoms with Gasteiger partial charge in [0.1, 0.15) is 5.69 Å². The summed E-state index contributed by atoms with van der Waals surface area (Å²) < 4.78 is 10.9. The highest BCUT2D eigenvalue weighted by molar-refractivity contribution is 5.94. The van der Waals surface area contributed by atoms with Crippen LogP contribution >= 0.6 is 0 Å². The second kappa shape index (κ2) is 14.1. The number of H-pyrrole nitrogens is 1. The molecule has 0 bridgehead atoms. The quantitative estimate of drug-likeness (QED) is 0.193. The Bertz CT molecular complexity index is 1020. The van der Waals surface area contributed by atoms with Crippen molar-refractivity contribution in [2.24, 2.45) is 11.8 Å². The van der Waals surface area contributed by atoms with Crippen LogP contribution in [0, 0.1) is 11.8 Å². The number of hydrogen-bond acceptors (Lipinski definition) is 7. The van der Waals surface area contributed by atoms with Crippen molar-refractivity contribution in [2.75, 3.05) is 26.4 Å². The molecule has 0 saturated carbocycles. The number of carbonyl (C=O) groups is 2. The van der Waals surface area contributed by atoms with Gasteiger partial charge in [-0.15, -0.1) is 0 Å². The van der Waals surface area contributed by atoms with E-state index in [0.717, 1.165) is 16.7 Å². The number of rotatable bonds is 15. The van der Waals surface area contributed by atoms with Gasteiger partial charge in [0.15, 0.2) is 5.78 Å². The van der Waals surface area contributed by atoms with Gasteiger partial charge in [-0.2, -0.15) is 15.4 Å². The van der Waals surface area contributed by atoms with Crippen molar-refractivity contribution in [2.45, 2.75) is 32.6 Å². The van der Waals surface area contributed by atoms with Gasteiger partial charge in [0.05, 0.1) is 25.3 Å². The van der Waals surface area contributed by atoms with E-state index in [2.05, 4.69) is 51.8 Å². The Balaban J connectivity index is 1.75. The molecule has 0 aliphatic rings. The average Bonchev–Trinajstić information content (AvgIpc) is 3.42. The summed E-state index contributed by atoms with van der Waals surface area (Å²) in [5, 5.41) is 19.1. The van der Waals surface area contributed by atoms with Crippen molar-refractivity contribution in [3.8, 4) is 11.1 Å². The molecule has 0 fully saturated rings. The molecule has 2 aromatic carbocycles. The van der Waals surface area contributed by atoms with Crippen molar-refractivity contribution in [1.29, 1.82) is 0 Å². The maximum Gasteiger partial charge on any atom is 0.311 e. The molecule has 0 spiro atoms. The summed E-state index contributed by atoms with van der Waals surface area (Å²) >= 11 is 0. The predicted octanol–water partition coefficient (Wildman–Crippen LogP) is 3.87. The zero-order chi connectivity index (χ0) is 24.9. The molecule has 0 saturated heterocycles. The highest BCUT2D eigenvalue weighted by atomic mass is 16.5. The van der Waals surface area contributed by atoms with Gasteiger partial charge < -0.3 is 14.6 Å². The van der Waals surface area contributed by atoms with Crippen molar-refractivity contribution >= 4 is 11.8 Å². The van der Waals surface area contributed by atoms with Crippen LogP contribution in [-0.2, 0) is 20.7 Å². The summed E-state index contributed by atoms with van der Waals surface area (Å²) in [5.41, 5.74) is 3.61. The van der Waals surface area contributed by atoms with Crippen molar-refractivity contribution in [3.05, 3.63) is 72.1 Å². The minimum absolute atomic E-state index is 0.0257. The molecule has 0 aliphatic heterocycles. The normalized spacial score (nSPS) is 12.7. The third-order valence-electron chi connectivity index (χ3n) is 5.76. The van der Waals surface area contributed by atoms with Gasteiger partial charge in [-0.3, -0.25) is 9.59 Å². The molecule has 1 heterocycles. The number of aromatic nitrogens is 3. The number of Topliss-reactive ketones (excluding diaryl/α,β-unsaturated/α-hetero) is 1. The molecule has 8 nitrogen and oxygen atoms in total. The molecule has 0 aliphatic carbocycles. The number of hydrogen-bond donors (Lipinski definition) is 2. The van der Waals surface area contributed by atoms with Crippen molar-refractivity contribution in [3.63, 3.8) is 0 Å². The lowest BCUT2D eigenvalue weighted by molar-refractivity contribution is -0.151. The van der Waals surface area contributed by atoms with Gasteiger partial charge in [-0.1, -0.05) is 54.6 Å². The van der Waals surface area contributed by atoms with Crippen molar-refractivity contribution in [1.82, 2.24) is 15.4 Å². The first-order valence-corrected chi connectivity index (χ1v) is 12.0. The van der Waals surface area contributed by atoms with Crippen LogP contribution in [0.15, 0.2) is 60.8 Å². The maximum atomic E-state index is 12.8. The van der Waals surface area contributed by atoms with E-state index in [4.69, 9.17) is 14.6 Å². The summed E-state index contributed by atoms with van der Waals surface area (Å²) in [6, 6.07) is 18.4. The molecule has 35 heavy (non-hydrogen) atoms. The summed E-state index contributed by atoms with van der Waals surface area (Å²) in [4.78, 5) is 25.5. The number of aromatic amines is 1. The second-order valence-electron chi connectivity index (χ2n) is 8.45. The van der Waals surface area contributed by atoms with E-state index >= 15 is 0 Å². The Morgan fingerprint density at radius 2 is 1.80 bits per heavy atom. The van der Waals surface area contributed by atoms with Gasteiger partial charge >= 0.3 is 5.97 Å². The fourth-order valence-corrected chi connectivity index (χ4v) is 4.03. The third-order valence-corrected chi connectivity index (χ3v) is 5.76. The molecule has 1 aromatic heterocycles. The first-order valence-electron chi connectivity index (χ1n) is 12.0. The van der Waals surface area contributed by atoms with Crippen LogP contribution in [0.4, 0.5) is 0 Å². The first kappa shape index (κ1) is 26.2. The number of carbonyl (C=O) groups excluding carboxylic acids is 2. The van der Waals surface area contributed by atoms with Gasteiger partial charge in [-0.25, -0.2) is 0 Å². The van der Waals surface area contributed by atoms with Crippen molar-refractivity contribution < 1.29 is 24.2 Å². The minimum atomic E-state index is -0.507. The largest absolute Gasteiger partial charge is 0.466 e. The van der Waals surface area contributed by atoms with Crippen LogP contribution in [0.2, 0.25) is 0 Å². The van der Waals surface area contributed by atoms with Crippen LogP contribution in [0.3, 0.4) is 0 Å². The molecule has 2 N–H and O–H groups in total. The number of benzene rings is 2. The van der Waals surface area contributed by atoms with Gasteiger partial charge in [0.25, 0.3) is 0 Å². The Labute approximate surface area is 205 Å². The second-order valence-corrected chi connectivity index (χ2v) is 8.45. The highest BCUT2D eigenvalue weighted by Crippen LogP contribution is 2.26. The maximum absolute atomic E-state index is 12.8. The molecule has 0 amide bonds. The number of aliphatic hydroxyl groups excluding tert-OH is 1. The SMILES string of the molecule is CCOC(=O)[C@H](COCCCO)C[C@H](CC(=O)c1cn[nH]n1)Cc1ccc(-c2ccccc2)cc1. The number of ketones is 1. The number of aliphatic hydroxyl groups is 1. The van der Waals surface area contributed by atoms with E-state index in [1.807, 2.05) is 18.2 Å². The van der Waals surface area contributed by atoms with E-state index < -0.39 is 5.92 Å². The standard InChI is InChI=1S/C27H33N3O5/c1-2-35-27(33)24(19-34-14-6-13-31)16-21(17-26(32)25-18-28-30-29-25)15-20-9-11-23(12-10-20)22-7-4-3-5-8-22/h3-5,7-12,18,21,24,31H,2,6,13-17,19H2,1H3,(H,28,29,30)/t21-,24+/m1/s1. The average molecular weight is 480 g/mol. The molecule has 186 valence electrons. The van der Waals surface area contributed by atoms with Crippen LogP contribution in [0.5, 0.6) is 0 Å². The first-order chi connectivity index (χ1) is 17.1. The van der Waals surface area contributed by atoms with Crippen LogP contribution in [0.25, 0.3) is 11.1 Å². The molecule has 3 aromatic rings. The minimum Gasteiger partial charge on any atom is -0.466 e. The van der Waals surface area contributed by atoms with E-state index in [0.29, 0.717) is 25.9 Å². The topological polar surface area (TPSA) is 114 Å². The van der Waals surface area contributed by atoms with E-state index in [9.17, 15) is 9.59 Å². The molecule has 8 heteroatoms. The monoisotopic (exact) mass is 479 g/mol. The fourth-order valence-electron chi connectivity index (χ4n) is 4.03. The van der Waals surface area contributed by atoms with E-state index in [1.54, 1.807) is 6.92 Å². The Hall–Kier alpha value is -3.36. The van der Waals surface area contributed by atoms with Gasteiger partial charge in [-0.05, 0) is 48.8 Å². The van der Waals surface area contributed by atoms with Gasteiger partial charge in [0.2, 0.25) is 0 Å². The van der Waals surface area contributed by atoms with Crippen LogP contribution in [0.1, 0.15) is 42.2 Å². The van der Waals surface area contributed by atoms with Crippen LogP contribution < -0.4 is 0 Å². The summed E-state index contributed by atoms with van der Waals surface area (Å²) in [6.45, 7) is 2.60. The Morgan fingerprint density at radius 1 is 1.06 bits per heavy atom. The zero-order valence-corrected chi connectivity index (χ0v) is 20.1. The number of ether oxygens (including phenoxy) is 2. The fraction of sp³-hybridized carbons (Fsp3) is 0.407. The van der Waals surface area contributed by atoms with E-state index in [1.165, 1.54) is 6.20 Å². The predicted molar refractivity (Wildman–Crippen MR) is 132 cm³/mol. The lowest BCUT2D eigenvalue weighted by atomic mass is 9.85. The number of nitrogens with zero attached hydrogens (tertiary/aromatic N) is 2. The lowest BCUT2D eigenvalue weighted by Crippen LogP contribution is -2.27. The third kappa shape index (κ3) is 8.42. The van der Waals surface area contributed by atoms with Crippen LogP contribution in [-0.4, -0.2) is 58.7 Å². The molecular formula is C27H33N3O5. The molecular weight excluding hydrogens is 446 g/mol. The Kier molecular flexibility index (Phi) is 10.6. The number of esters is 1. The number of nitrogens with one attached hydrogen (secondary N) is 1. The Morgan fingerprint density at radius 3 is 2.46 bits per heavy atom. The molecule has 3 rings (SSSR count). The van der Waals surface area contributed by atoms with Gasteiger partial charge in [0, 0.05) is 19.6 Å². The van der Waals surface area contributed by atoms with E-state index in [-0.39, 0.29) is 49.6 Å². The summed E-state index contributed by atoms with van der Waals surface area (Å²) in [7, 11) is 0. The molecule has 0 radical (unpaired) electrons.